The average Bonchev–Trinajstić information content (AvgIpc) is 3.15. The monoisotopic (exact) mass is 786 g/mol. The molecule has 0 aliphatic carbocycles. The van der Waals surface area contributed by atoms with Gasteiger partial charge in [-0.2, -0.15) is 0 Å². The summed E-state index contributed by atoms with van der Waals surface area (Å²) in [6.45, 7) is 7.04. The van der Waals surface area contributed by atoms with Gasteiger partial charge in [0.25, 0.3) is 0 Å². The number of carboxylic acid groups (broad SMARTS) is 1. The Morgan fingerprint density at radius 3 is 2.27 bits per heavy atom. The number of ether oxygens (including phenoxy) is 6. The van der Waals surface area contributed by atoms with Gasteiger partial charge < -0.3 is 49.5 Å². The Bertz CT molecular complexity index is 2160. The van der Waals surface area contributed by atoms with E-state index in [1.54, 1.807) is 80.2 Å². The molecule has 4 aromatic carbocycles. The largest absolute Gasteiger partial charge is 0.497 e. The topological polar surface area (TPSA) is 176 Å². The number of urea groups is 1. The fourth-order valence-electron chi connectivity index (χ4n) is 5.28. The summed E-state index contributed by atoms with van der Waals surface area (Å²) in [6.07, 6.45) is 3.20. The van der Waals surface area contributed by atoms with Gasteiger partial charge in [-0.15, -0.1) is 0 Å². The normalized spacial score (nSPS) is 11.7. The molecule has 1 aromatic heterocycles. The number of pyridine rings is 1. The number of carbonyl (C=O) groups is 2. The fraction of sp³-hybridized carbons (Fsp3) is 0.293. The number of aromatic nitrogens is 1. The van der Waals surface area contributed by atoms with E-state index in [-0.39, 0.29) is 38.4 Å². The van der Waals surface area contributed by atoms with Crippen molar-refractivity contribution in [2.45, 2.75) is 25.7 Å². The standard InChI is InChI=1S/C41H46N4O10S/c1-41(2,3)26-54-39-34(11-8-12-36(39)56(5)49)45-40(48)44-33-13-14-35(32-10-7-6-9-31(32)33)55-28-15-16-42-37(24-28)43-27-21-29(50-4)23-30(22-27)53-20-19-51-17-18-52-25-38(46)47/h6-16,21-24H,17-20,25-26H2,1-5H3,(H,42,43)(H,46,47)(H2,44,45,48). The van der Waals surface area contributed by atoms with Crippen LogP contribution < -0.4 is 34.9 Å². The molecule has 0 bridgehead atoms. The summed E-state index contributed by atoms with van der Waals surface area (Å²) in [6, 6.07) is 24.6. The second-order valence-corrected chi connectivity index (χ2v) is 14.9. The zero-order valence-electron chi connectivity index (χ0n) is 31.9. The summed E-state index contributed by atoms with van der Waals surface area (Å²) in [5, 5.41) is 19.2. The van der Waals surface area contributed by atoms with E-state index in [1.165, 1.54) is 0 Å². The number of aliphatic carboxylic acids is 1. The molecule has 0 radical (unpaired) electrons. The van der Waals surface area contributed by atoms with Gasteiger partial charge in [0.2, 0.25) is 0 Å². The molecular formula is C41H46N4O10S. The molecule has 0 fully saturated rings. The summed E-state index contributed by atoms with van der Waals surface area (Å²) in [7, 11) is 0.223. The maximum absolute atomic E-state index is 13.4. The lowest BCUT2D eigenvalue weighted by molar-refractivity contribution is -0.142. The molecule has 0 aliphatic heterocycles. The van der Waals surface area contributed by atoms with Crippen molar-refractivity contribution in [3.63, 3.8) is 0 Å². The number of anilines is 4. The number of nitrogens with one attached hydrogen (secondary N) is 3. The number of para-hydroxylation sites is 1. The highest BCUT2D eigenvalue weighted by Crippen LogP contribution is 2.37. The maximum Gasteiger partial charge on any atom is 0.329 e. The van der Waals surface area contributed by atoms with Gasteiger partial charge in [0.15, 0.2) is 5.75 Å². The van der Waals surface area contributed by atoms with E-state index in [1.807, 2.05) is 45.0 Å². The number of amides is 2. The van der Waals surface area contributed by atoms with Gasteiger partial charge in [-0.05, 0) is 35.7 Å². The Hall–Kier alpha value is -5.90. The van der Waals surface area contributed by atoms with Crippen molar-refractivity contribution in [2.75, 3.05) is 69.0 Å². The Morgan fingerprint density at radius 1 is 0.786 bits per heavy atom. The number of rotatable bonds is 19. The molecule has 4 N–H and O–H groups in total. The van der Waals surface area contributed by atoms with Crippen LogP contribution in [0.3, 0.4) is 0 Å². The summed E-state index contributed by atoms with van der Waals surface area (Å²) in [5.41, 5.74) is 1.47. The quantitative estimate of drug-likeness (QED) is 0.0593. The van der Waals surface area contributed by atoms with Crippen LogP contribution in [0.5, 0.6) is 28.7 Å². The highest BCUT2D eigenvalue weighted by molar-refractivity contribution is 7.84. The number of carboxylic acids is 1. The lowest BCUT2D eigenvalue weighted by Crippen LogP contribution is -2.22. The van der Waals surface area contributed by atoms with Gasteiger partial charge in [0.05, 0.1) is 60.6 Å². The number of fused-ring (bicyclic) bond motifs is 1. The minimum absolute atomic E-state index is 0.155. The first-order chi connectivity index (χ1) is 26.9. The molecule has 0 saturated carbocycles. The van der Waals surface area contributed by atoms with Crippen molar-refractivity contribution in [3.05, 3.63) is 91.1 Å². The lowest BCUT2D eigenvalue weighted by atomic mass is 9.99. The molecule has 1 atom stereocenters. The maximum atomic E-state index is 13.4. The lowest BCUT2D eigenvalue weighted by Gasteiger charge is -2.22. The zero-order chi connectivity index (χ0) is 40.1. The van der Waals surface area contributed by atoms with Gasteiger partial charge >= 0.3 is 12.0 Å². The van der Waals surface area contributed by atoms with Gasteiger partial charge in [-0.25, -0.2) is 14.6 Å². The number of methoxy groups -OCH3 is 1. The number of hydrogen-bond acceptors (Lipinski definition) is 11. The molecule has 15 heteroatoms. The van der Waals surface area contributed by atoms with Crippen LogP contribution in [0.15, 0.2) is 96.0 Å². The minimum atomic E-state index is -1.34. The molecule has 296 valence electrons. The van der Waals surface area contributed by atoms with Crippen LogP contribution >= 0.6 is 0 Å². The average molecular weight is 787 g/mol. The number of carbonyl (C=O) groups excluding carboxylic acids is 1. The Labute approximate surface area is 327 Å². The zero-order valence-corrected chi connectivity index (χ0v) is 32.7. The highest BCUT2D eigenvalue weighted by Gasteiger charge is 2.19. The van der Waals surface area contributed by atoms with E-state index >= 15 is 0 Å². The van der Waals surface area contributed by atoms with Gasteiger partial charge in [0.1, 0.15) is 42.0 Å². The van der Waals surface area contributed by atoms with Crippen LogP contribution in [-0.4, -0.2) is 79.3 Å². The molecule has 2 amide bonds. The minimum Gasteiger partial charge on any atom is -0.497 e. The molecule has 0 saturated heterocycles. The summed E-state index contributed by atoms with van der Waals surface area (Å²) in [4.78, 5) is 28.8. The van der Waals surface area contributed by atoms with E-state index < -0.39 is 22.8 Å². The molecule has 0 aliphatic rings. The number of hydrogen-bond donors (Lipinski definition) is 4. The SMILES string of the molecule is COc1cc(Nc2cc(Oc3ccc(NC(=O)Nc4cccc(S(C)=O)c4OCC(C)(C)C)c4ccccc34)ccn2)cc(OCCOCCOCC(=O)O)c1. The molecule has 5 aromatic rings. The molecule has 1 heterocycles. The molecule has 5 rings (SSSR count). The number of nitrogens with zero attached hydrogens (tertiary/aromatic N) is 1. The van der Waals surface area contributed by atoms with E-state index in [0.29, 0.717) is 63.1 Å². The van der Waals surface area contributed by atoms with Crippen LogP contribution in [0.1, 0.15) is 20.8 Å². The van der Waals surface area contributed by atoms with Crippen LogP contribution in [-0.2, 0) is 25.1 Å². The van der Waals surface area contributed by atoms with Gasteiger partial charge in [-0.1, -0.05) is 51.1 Å². The third-order valence-corrected chi connectivity index (χ3v) is 8.70. The van der Waals surface area contributed by atoms with E-state index in [4.69, 9.17) is 33.5 Å². The van der Waals surface area contributed by atoms with Crippen molar-refractivity contribution in [3.8, 4) is 28.7 Å². The second-order valence-electron chi connectivity index (χ2n) is 13.6. The van der Waals surface area contributed by atoms with E-state index in [9.17, 15) is 13.8 Å². The van der Waals surface area contributed by atoms with Crippen LogP contribution in [0.4, 0.5) is 27.7 Å². The van der Waals surface area contributed by atoms with Crippen LogP contribution in [0.2, 0.25) is 0 Å². The van der Waals surface area contributed by atoms with Crippen molar-refractivity contribution < 1.29 is 47.3 Å². The first kappa shape index (κ1) is 41.3. The van der Waals surface area contributed by atoms with Crippen molar-refractivity contribution in [1.82, 2.24) is 4.98 Å². The van der Waals surface area contributed by atoms with E-state index in [2.05, 4.69) is 20.9 Å². The Morgan fingerprint density at radius 2 is 1.52 bits per heavy atom. The predicted octanol–water partition coefficient (Wildman–Crippen LogP) is 8.08. The number of benzene rings is 4. The third kappa shape index (κ3) is 12.3. The summed E-state index contributed by atoms with van der Waals surface area (Å²) < 4.78 is 46.6. The molecule has 14 nitrogen and oxygen atoms in total. The van der Waals surface area contributed by atoms with Crippen molar-refractivity contribution in [1.29, 1.82) is 0 Å². The van der Waals surface area contributed by atoms with Crippen molar-refractivity contribution in [2.24, 2.45) is 5.41 Å². The first-order valence-corrected chi connectivity index (χ1v) is 19.2. The molecule has 1 unspecified atom stereocenters. The van der Waals surface area contributed by atoms with Crippen LogP contribution in [0, 0.1) is 5.41 Å². The smallest absolute Gasteiger partial charge is 0.329 e. The second kappa shape index (κ2) is 19.6. The Balaban J connectivity index is 1.25. The molecule has 0 spiro atoms. The van der Waals surface area contributed by atoms with E-state index in [0.717, 1.165) is 10.8 Å². The van der Waals surface area contributed by atoms with Gasteiger partial charge in [0, 0.05) is 53.2 Å². The molecule has 56 heavy (non-hydrogen) atoms. The first-order valence-electron chi connectivity index (χ1n) is 17.7. The predicted molar refractivity (Wildman–Crippen MR) is 216 cm³/mol. The van der Waals surface area contributed by atoms with Crippen LogP contribution in [0.25, 0.3) is 10.8 Å². The molecular weight excluding hydrogens is 741 g/mol. The third-order valence-electron chi connectivity index (χ3n) is 7.76. The summed E-state index contributed by atoms with van der Waals surface area (Å²) in [5.74, 6) is 2.04. The Kier molecular flexibility index (Phi) is 14.5. The van der Waals surface area contributed by atoms with Gasteiger partial charge in [-0.3, -0.25) is 4.21 Å². The van der Waals surface area contributed by atoms with Crippen molar-refractivity contribution >= 4 is 56.5 Å². The summed E-state index contributed by atoms with van der Waals surface area (Å²) >= 11 is 0. The highest BCUT2D eigenvalue weighted by atomic mass is 32.2. The fourth-order valence-corrected chi connectivity index (χ4v) is 5.98.